The van der Waals surface area contributed by atoms with Crippen molar-refractivity contribution in [1.82, 2.24) is 0 Å². The summed E-state index contributed by atoms with van der Waals surface area (Å²) in [4.78, 5) is 20.0. The SMILES string of the molecule is CC(=O)C1=NC2CCCC2C(C)=C1.CC1=CC(Cl)=NC2CCCC12.CC1C(C)C(C)C(C)C1C.CC1C(C)C(C)C(C)C1C.[CH3-].[CH3-].[CH3-].[CH3-].[Fe+2].[Fe+2]. The minimum Gasteiger partial charge on any atom is -0.358 e. The molecule has 0 amide bonds. The topological polar surface area (TPSA) is 41.8 Å². The van der Waals surface area contributed by atoms with Gasteiger partial charge in [0.15, 0.2) is 5.78 Å². The first-order chi connectivity index (χ1) is 20.6. The molecule has 0 saturated heterocycles. The van der Waals surface area contributed by atoms with E-state index in [1.807, 2.05) is 12.2 Å². The molecule has 2 heterocycles. The summed E-state index contributed by atoms with van der Waals surface area (Å²) in [5, 5.41) is 0.700. The largest absolute Gasteiger partial charge is 2.00 e. The molecule has 2 aliphatic heterocycles. The van der Waals surface area contributed by atoms with E-state index < -0.39 is 0 Å². The van der Waals surface area contributed by atoms with E-state index in [9.17, 15) is 4.79 Å². The number of hydrogen-bond acceptors (Lipinski definition) is 3. The van der Waals surface area contributed by atoms with Crippen molar-refractivity contribution in [1.29, 1.82) is 0 Å². The van der Waals surface area contributed by atoms with Crippen LogP contribution in [0.4, 0.5) is 0 Å². The minimum atomic E-state index is 0. The summed E-state index contributed by atoms with van der Waals surface area (Å²) in [5.41, 5.74) is 3.45. The first-order valence-electron chi connectivity index (χ1n) is 18.2. The van der Waals surface area contributed by atoms with Crippen molar-refractivity contribution < 1.29 is 38.9 Å². The van der Waals surface area contributed by atoms with E-state index in [1.165, 1.54) is 43.3 Å². The number of hydrogen-bond donors (Lipinski definition) is 0. The van der Waals surface area contributed by atoms with E-state index >= 15 is 0 Å². The Kier molecular flexibility index (Phi) is 28.3. The Bertz CT molecular complexity index is 996. The van der Waals surface area contributed by atoms with Crippen molar-refractivity contribution in [3.05, 3.63) is 53.0 Å². The number of dihydropyridines is 2. The molecule has 0 bridgehead atoms. The first kappa shape index (κ1) is 56.6. The van der Waals surface area contributed by atoms with Gasteiger partial charge in [0.2, 0.25) is 0 Å². The van der Waals surface area contributed by atoms with Gasteiger partial charge in [0.25, 0.3) is 0 Å². The molecule has 4 saturated carbocycles. The Morgan fingerprint density at radius 3 is 1.12 bits per heavy atom. The van der Waals surface area contributed by atoms with E-state index in [0.29, 0.717) is 34.8 Å². The molecule has 0 aromatic carbocycles. The Balaban J connectivity index is -0.000000273. The van der Waals surface area contributed by atoms with Crippen LogP contribution in [0.1, 0.15) is 129 Å². The van der Waals surface area contributed by atoms with Gasteiger partial charge in [-0.2, -0.15) is 0 Å². The van der Waals surface area contributed by atoms with Gasteiger partial charge >= 0.3 is 34.1 Å². The minimum absolute atomic E-state index is 0. The second kappa shape index (κ2) is 25.0. The van der Waals surface area contributed by atoms with Gasteiger partial charge in [0, 0.05) is 18.8 Å². The summed E-state index contributed by atoms with van der Waals surface area (Å²) in [6.45, 7) is 29.9. The van der Waals surface area contributed by atoms with Crippen molar-refractivity contribution >= 4 is 28.3 Å². The molecule has 50 heavy (non-hydrogen) atoms. The number of aliphatic imine (C=N–C) groups is 2. The number of nitrogens with zero attached hydrogens (tertiary/aromatic N) is 2. The fraction of sp³-hybridized carbons (Fsp3) is 0.750. The predicted molar refractivity (Wildman–Crippen MR) is 218 cm³/mol. The maximum atomic E-state index is 11.2. The number of halogens is 1. The average Bonchev–Trinajstić information content (AvgIpc) is 3.74. The maximum absolute atomic E-state index is 11.2. The summed E-state index contributed by atoms with van der Waals surface area (Å²) >= 11 is 5.85. The van der Waals surface area contributed by atoms with Gasteiger partial charge < -0.3 is 29.7 Å². The van der Waals surface area contributed by atoms with Gasteiger partial charge in [-0.25, -0.2) is 0 Å². The van der Waals surface area contributed by atoms with Crippen molar-refractivity contribution in [3.8, 4) is 0 Å². The van der Waals surface area contributed by atoms with Crippen LogP contribution < -0.4 is 0 Å². The van der Waals surface area contributed by atoms with Gasteiger partial charge in [0.05, 0.1) is 12.1 Å². The quantitative estimate of drug-likeness (QED) is 0.192. The summed E-state index contributed by atoms with van der Waals surface area (Å²) in [6, 6.07) is 0.913. The van der Waals surface area contributed by atoms with E-state index in [1.54, 1.807) is 6.92 Å². The number of Topliss-reactive ketones (excluding diaryl/α,β-unsaturated/α-hetero) is 1. The smallest absolute Gasteiger partial charge is 0.358 e. The van der Waals surface area contributed by atoms with Crippen molar-refractivity contribution in [3.63, 3.8) is 0 Å². The molecular formula is C44H79ClFe2N2O. The number of ketones is 1. The molecule has 294 valence electrons. The van der Waals surface area contributed by atoms with Crippen LogP contribution in [-0.4, -0.2) is 28.7 Å². The Labute approximate surface area is 340 Å². The third-order valence-electron chi connectivity index (χ3n) is 14.1. The standard InChI is InChI=1S/C11H15NO.2C10H20.C9H12ClN.4CH3.2Fe/c1-7-6-11(8(2)13)12-10-5-3-4-9(7)10;2*1-6-7(2)9(4)10(5)8(6)3;1-6-5-9(10)11-8-4-2-3-7(6)8;;;;;;/h6,9-10H,3-5H2,1-2H3;2*6-10H,1-5H3;5,7-8H,2-4H2,1H3;4*1H3;;/q;;;;4*-1;2*+2. The van der Waals surface area contributed by atoms with Crippen LogP contribution in [0.25, 0.3) is 0 Å². The second-order valence-electron chi connectivity index (χ2n) is 16.1. The molecule has 4 fully saturated rings. The number of rotatable bonds is 1. The fourth-order valence-corrected chi connectivity index (χ4v) is 9.56. The first-order valence-corrected chi connectivity index (χ1v) is 18.6. The Morgan fingerprint density at radius 1 is 0.540 bits per heavy atom. The van der Waals surface area contributed by atoms with Crippen LogP contribution in [0.15, 0.2) is 33.3 Å². The zero-order chi connectivity index (χ0) is 33.0. The third kappa shape index (κ3) is 13.6. The number of fused-ring (bicyclic) bond motifs is 2. The van der Waals surface area contributed by atoms with Gasteiger partial charge in [-0.05, 0) is 111 Å². The molecular weight excluding hydrogens is 720 g/mol. The molecule has 4 atom stereocenters. The van der Waals surface area contributed by atoms with Gasteiger partial charge in [-0.1, -0.05) is 105 Å². The van der Waals surface area contributed by atoms with Crippen LogP contribution in [0.5, 0.6) is 0 Å². The number of carbonyl (C=O) groups excluding carboxylic acids is 1. The van der Waals surface area contributed by atoms with Crippen molar-refractivity contribution in [2.75, 3.05) is 0 Å². The molecule has 0 radical (unpaired) electrons. The molecule has 4 aliphatic carbocycles. The monoisotopic (exact) mass is 798 g/mol. The summed E-state index contributed by atoms with van der Waals surface area (Å²) in [6.07, 6.45) is 11.5. The third-order valence-corrected chi connectivity index (χ3v) is 14.3. The number of carbonyl (C=O) groups is 1. The Morgan fingerprint density at radius 2 is 0.820 bits per heavy atom. The molecule has 0 aromatic rings. The zero-order valence-corrected chi connectivity index (χ0v) is 38.3. The molecule has 0 spiro atoms. The van der Waals surface area contributed by atoms with E-state index in [0.717, 1.165) is 65.6 Å². The van der Waals surface area contributed by atoms with Gasteiger partial charge in [-0.15, -0.1) is 0 Å². The average molecular weight is 799 g/mol. The van der Waals surface area contributed by atoms with Crippen LogP contribution in [-0.2, 0) is 38.9 Å². The van der Waals surface area contributed by atoms with Crippen LogP contribution in [0.3, 0.4) is 0 Å². The molecule has 4 unspecified atom stereocenters. The zero-order valence-electron chi connectivity index (χ0n) is 35.4. The molecule has 6 heteroatoms. The van der Waals surface area contributed by atoms with Gasteiger partial charge in [-0.3, -0.25) is 14.8 Å². The van der Waals surface area contributed by atoms with Crippen molar-refractivity contribution in [2.24, 2.45) is 81.0 Å². The summed E-state index contributed by atoms with van der Waals surface area (Å²) in [5.74, 6) is 10.8. The van der Waals surface area contributed by atoms with E-state index in [4.69, 9.17) is 11.6 Å². The second-order valence-corrected chi connectivity index (χ2v) is 16.5. The van der Waals surface area contributed by atoms with Crippen LogP contribution in [0.2, 0.25) is 0 Å². The fourth-order valence-electron chi connectivity index (χ4n) is 9.26. The van der Waals surface area contributed by atoms with E-state index in [-0.39, 0.29) is 69.6 Å². The van der Waals surface area contributed by atoms with E-state index in [2.05, 4.69) is 93.1 Å². The van der Waals surface area contributed by atoms with Crippen molar-refractivity contribution in [2.45, 2.75) is 141 Å². The molecule has 0 aromatic heterocycles. The maximum Gasteiger partial charge on any atom is 2.00 e. The summed E-state index contributed by atoms with van der Waals surface area (Å²) in [7, 11) is 0. The predicted octanol–water partition coefficient (Wildman–Crippen LogP) is 13.1. The molecule has 6 rings (SSSR count). The Hall–Kier alpha value is -0.181. The van der Waals surface area contributed by atoms with Crippen LogP contribution >= 0.6 is 11.6 Å². The molecule has 0 N–H and O–H groups in total. The van der Waals surface area contributed by atoms with Gasteiger partial charge in [0.1, 0.15) is 10.9 Å². The normalized spacial score (nSPS) is 38.5. The molecule has 3 nitrogen and oxygen atoms in total. The summed E-state index contributed by atoms with van der Waals surface area (Å²) < 4.78 is 0. The number of allylic oxidation sites excluding steroid dienone is 2. The molecule has 6 aliphatic rings. The van der Waals surface area contributed by atoms with Crippen LogP contribution in [0, 0.1) is 101 Å².